The van der Waals surface area contributed by atoms with E-state index in [1.165, 1.54) is 19.3 Å². The van der Waals surface area contributed by atoms with E-state index in [-0.39, 0.29) is 12.1 Å². The van der Waals surface area contributed by atoms with E-state index >= 15 is 0 Å². The second kappa shape index (κ2) is 6.27. The predicted octanol–water partition coefficient (Wildman–Crippen LogP) is 2.80. The van der Waals surface area contributed by atoms with Gasteiger partial charge in [-0.3, -0.25) is 0 Å². The molecule has 0 aromatic heterocycles. The summed E-state index contributed by atoms with van der Waals surface area (Å²) < 4.78 is 0. The zero-order valence-electron chi connectivity index (χ0n) is 11.1. The minimum absolute atomic E-state index is 0.0823. The SMILES string of the molecule is CCC(C)SC(C)CC(C)(CO)NC1CC1. The molecule has 0 aromatic rings. The fourth-order valence-electron chi connectivity index (χ4n) is 2.06. The first kappa shape index (κ1) is 14.3. The quantitative estimate of drug-likeness (QED) is 0.690. The second-order valence-electron chi connectivity index (χ2n) is 5.51. The van der Waals surface area contributed by atoms with Crippen molar-refractivity contribution in [2.24, 2.45) is 0 Å². The summed E-state index contributed by atoms with van der Waals surface area (Å²) >= 11 is 2.04. The van der Waals surface area contributed by atoms with Crippen LogP contribution in [0.15, 0.2) is 0 Å². The van der Waals surface area contributed by atoms with Gasteiger partial charge in [-0.15, -0.1) is 0 Å². The molecule has 2 N–H and O–H groups in total. The van der Waals surface area contributed by atoms with E-state index in [1.54, 1.807) is 0 Å². The molecule has 1 aliphatic carbocycles. The van der Waals surface area contributed by atoms with Gasteiger partial charge in [-0.2, -0.15) is 11.8 Å². The lowest BCUT2D eigenvalue weighted by atomic mass is 9.97. The van der Waals surface area contributed by atoms with E-state index in [0.29, 0.717) is 11.3 Å². The van der Waals surface area contributed by atoms with E-state index in [4.69, 9.17) is 0 Å². The minimum Gasteiger partial charge on any atom is -0.394 e. The lowest BCUT2D eigenvalue weighted by Crippen LogP contribution is -2.48. The third-order valence-electron chi connectivity index (χ3n) is 3.26. The number of rotatable bonds is 8. The van der Waals surface area contributed by atoms with Crippen molar-refractivity contribution in [2.45, 2.75) is 75.5 Å². The van der Waals surface area contributed by atoms with Crippen LogP contribution in [-0.2, 0) is 0 Å². The van der Waals surface area contributed by atoms with Crippen LogP contribution in [-0.4, -0.2) is 33.8 Å². The van der Waals surface area contributed by atoms with Gasteiger partial charge < -0.3 is 10.4 Å². The Hall–Kier alpha value is 0.270. The van der Waals surface area contributed by atoms with Gasteiger partial charge in [-0.05, 0) is 32.6 Å². The van der Waals surface area contributed by atoms with Crippen molar-refractivity contribution < 1.29 is 5.11 Å². The molecule has 0 spiro atoms. The zero-order valence-corrected chi connectivity index (χ0v) is 11.9. The van der Waals surface area contributed by atoms with E-state index in [9.17, 15) is 5.11 Å². The first-order chi connectivity index (χ1) is 7.49. The van der Waals surface area contributed by atoms with Crippen molar-refractivity contribution in [2.75, 3.05) is 6.61 Å². The number of aliphatic hydroxyl groups excluding tert-OH is 1. The molecule has 0 heterocycles. The van der Waals surface area contributed by atoms with Gasteiger partial charge in [0.25, 0.3) is 0 Å². The molecule has 2 nitrogen and oxygen atoms in total. The molecule has 3 unspecified atom stereocenters. The molecule has 0 amide bonds. The first-order valence-electron chi connectivity index (χ1n) is 6.53. The highest BCUT2D eigenvalue weighted by molar-refractivity contribution is 8.00. The van der Waals surface area contributed by atoms with Crippen molar-refractivity contribution in [3.8, 4) is 0 Å². The Kier molecular flexibility index (Phi) is 5.62. The van der Waals surface area contributed by atoms with Crippen LogP contribution in [0.3, 0.4) is 0 Å². The fraction of sp³-hybridized carbons (Fsp3) is 1.00. The lowest BCUT2D eigenvalue weighted by Gasteiger charge is -2.32. The summed E-state index contributed by atoms with van der Waals surface area (Å²) in [5.74, 6) is 0. The molecule has 16 heavy (non-hydrogen) atoms. The van der Waals surface area contributed by atoms with Crippen molar-refractivity contribution in [3.63, 3.8) is 0 Å². The highest BCUT2D eigenvalue weighted by Crippen LogP contribution is 2.29. The number of aliphatic hydroxyl groups is 1. The van der Waals surface area contributed by atoms with Gasteiger partial charge in [0.1, 0.15) is 0 Å². The summed E-state index contributed by atoms with van der Waals surface area (Å²) in [7, 11) is 0. The standard InChI is InChI=1S/C13H27NOS/c1-5-10(2)16-11(3)8-13(4,9-15)14-12-6-7-12/h10-12,14-15H,5-9H2,1-4H3. The van der Waals surface area contributed by atoms with E-state index < -0.39 is 0 Å². The first-order valence-corrected chi connectivity index (χ1v) is 7.47. The smallest absolute Gasteiger partial charge is 0.0611 e. The summed E-state index contributed by atoms with van der Waals surface area (Å²) in [6, 6.07) is 0.665. The Labute approximate surface area is 105 Å². The number of thioether (sulfide) groups is 1. The molecule has 1 saturated carbocycles. The molecule has 1 aliphatic rings. The molecule has 1 fully saturated rings. The van der Waals surface area contributed by atoms with Crippen LogP contribution in [0.4, 0.5) is 0 Å². The predicted molar refractivity (Wildman–Crippen MR) is 73.1 cm³/mol. The van der Waals surface area contributed by atoms with Gasteiger partial charge in [0.05, 0.1) is 6.61 Å². The normalized spacial score (nSPS) is 23.8. The van der Waals surface area contributed by atoms with E-state index in [2.05, 4.69) is 33.0 Å². The zero-order chi connectivity index (χ0) is 12.2. The number of nitrogens with one attached hydrogen (secondary N) is 1. The van der Waals surface area contributed by atoms with Crippen LogP contribution in [0.25, 0.3) is 0 Å². The molecule has 0 bridgehead atoms. The van der Waals surface area contributed by atoms with Gasteiger partial charge in [0, 0.05) is 22.1 Å². The monoisotopic (exact) mass is 245 g/mol. The summed E-state index contributed by atoms with van der Waals surface area (Å²) in [6.07, 6.45) is 4.83. The highest BCUT2D eigenvalue weighted by atomic mass is 32.2. The van der Waals surface area contributed by atoms with Crippen LogP contribution < -0.4 is 5.32 Å². The third kappa shape index (κ3) is 5.07. The van der Waals surface area contributed by atoms with Crippen molar-refractivity contribution in [1.82, 2.24) is 5.32 Å². The lowest BCUT2D eigenvalue weighted by molar-refractivity contribution is 0.164. The molecule has 96 valence electrons. The Morgan fingerprint density at radius 3 is 2.44 bits per heavy atom. The Morgan fingerprint density at radius 2 is 2.00 bits per heavy atom. The van der Waals surface area contributed by atoms with Crippen molar-refractivity contribution in [1.29, 1.82) is 0 Å². The molecule has 3 heteroatoms. The molecular formula is C13H27NOS. The average Bonchev–Trinajstić information content (AvgIpc) is 3.00. The summed E-state index contributed by atoms with van der Waals surface area (Å²) in [4.78, 5) is 0. The van der Waals surface area contributed by atoms with Gasteiger partial charge >= 0.3 is 0 Å². The molecule has 0 saturated heterocycles. The summed E-state index contributed by atoms with van der Waals surface area (Å²) in [6.45, 7) is 9.19. The largest absolute Gasteiger partial charge is 0.394 e. The maximum atomic E-state index is 9.53. The maximum absolute atomic E-state index is 9.53. The summed E-state index contributed by atoms with van der Waals surface area (Å²) in [5, 5.41) is 14.4. The van der Waals surface area contributed by atoms with Crippen molar-refractivity contribution in [3.05, 3.63) is 0 Å². The van der Waals surface area contributed by atoms with Crippen LogP contribution in [0.2, 0.25) is 0 Å². The summed E-state index contributed by atoms with van der Waals surface area (Å²) in [5.41, 5.74) is -0.0823. The van der Waals surface area contributed by atoms with E-state index in [1.807, 2.05) is 11.8 Å². The van der Waals surface area contributed by atoms with E-state index in [0.717, 1.165) is 11.7 Å². The molecule has 0 aliphatic heterocycles. The van der Waals surface area contributed by atoms with Crippen molar-refractivity contribution >= 4 is 11.8 Å². The molecule has 0 radical (unpaired) electrons. The second-order valence-corrected chi connectivity index (χ2v) is 7.39. The molecule has 3 atom stereocenters. The fourth-order valence-corrected chi connectivity index (χ4v) is 3.51. The van der Waals surface area contributed by atoms with Gasteiger partial charge in [-0.25, -0.2) is 0 Å². The van der Waals surface area contributed by atoms with Gasteiger partial charge in [0.2, 0.25) is 0 Å². The van der Waals surface area contributed by atoms with Gasteiger partial charge in [0.15, 0.2) is 0 Å². The van der Waals surface area contributed by atoms with Gasteiger partial charge in [-0.1, -0.05) is 20.8 Å². The Morgan fingerprint density at radius 1 is 1.38 bits per heavy atom. The number of hydrogen-bond acceptors (Lipinski definition) is 3. The Balaban J connectivity index is 2.34. The van der Waals surface area contributed by atoms with Crippen LogP contribution in [0.1, 0.15) is 53.4 Å². The van der Waals surface area contributed by atoms with Crippen LogP contribution in [0.5, 0.6) is 0 Å². The highest BCUT2D eigenvalue weighted by Gasteiger charge is 2.33. The van der Waals surface area contributed by atoms with Crippen LogP contribution >= 0.6 is 11.8 Å². The topological polar surface area (TPSA) is 32.3 Å². The maximum Gasteiger partial charge on any atom is 0.0611 e. The molecule has 1 rings (SSSR count). The van der Waals surface area contributed by atoms with Crippen LogP contribution in [0, 0.1) is 0 Å². The Bertz CT molecular complexity index is 208. The number of hydrogen-bond donors (Lipinski definition) is 2. The third-order valence-corrected chi connectivity index (χ3v) is 4.69. The average molecular weight is 245 g/mol. The minimum atomic E-state index is -0.0823. The molecule has 0 aromatic carbocycles. The molecular weight excluding hydrogens is 218 g/mol.